The molecule has 22 heavy (non-hydrogen) atoms. The van der Waals surface area contributed by atoms with E-state index in [0.717, 1.165) is 21.3 Å². The summed E-state index contributed by atoms with van der Waals surface area (Å²) in [6.07, 6.45) is 1.87. The standard InChI is InChI=1S/C17H13BrN2OS/c1-11-5-2-3-8-14(11)19-17-20-16(21)15(22-17)10-12-6-4-7-13(18)9-12/h2-10H,1H3,(H,19,20,21). The fourth-order valence-corrected chi connectivity index (χ4v) is 3.28. The molecule has 1 amide bonds. The summed E-state index contributed by atoms with van der Waals surface area (Å²) in [5.41, 5.74) is 2.92. The molecule has 1 heterocycles. The fourth-order valence-electron chi connectivity index (χ4n) is 2.03. The van der Waals surface area contributed by atoms with Crippen LogP contribution in [0.25, 0.3) is 6.08 Å². The normalized spacial score (nSPS) is 18.0. The number of carbonyl (C=O) groups excluding carboxylic acids is 1. The summed E-state index contributed by atoms with van der Waals surface area (Å²) in [6, 6.07) is 15.7. The molecule has 1 aliphatic rings. The van der Waals surface area contributed by atoms with Crippen LogP contribution in [0.5, 0.6) is 0 Å². The number of para-hydroxylation sites is 1. The lowest BCUT2D eigenvalue weighted by Gasteiger charge is -1.99. The molecule has 2 aromatic carbocycles. The molecule has 3 rings (SSSR count). The third kappa shape index (κ3) is 3.48. The lowest BCUT2D eigenvalue weighted by Crippen LogP contribution is -2.19. The Hall–Kier alpha value is -1.85. The molecule has 0 spiro atoms. The van der Waals surface area contributed by atoms with E-state index >= 15 is 0 Å². The number of carbonyl (C=O) groups is 1. The maximum atomic E-state index is 12.1. The van der Waals surface area contributed by atoms with Gasteiger partial charge in [-0.25, -0.2) is 4.99 Å². The number of nitrogens with zero attached hydrogens (tertiary/aromatic N) is 1. The molecule has 1 aliphatic heterocycles. The molecule has 0 unspecified atom stereocenters. The third-order valence-corrected chi connectivity index (χ3v) is 4.54. The number of hydrogen-bond donors (Lipinski definition) is 1. The Balaban J connectivity index is 1.86. The van der Waals surface area contributed by atoms with Gasteiger partial charge in [-0.3, -0.25) is 4.79 Å². The lowest BCUT2D eigenvalue weighted by molar-refractivity contribution is -0.115. The van der Waals surface area contributed by atoms with E-state index < -0.39 is 0 Å². The molecule has 1 saturated heterocycles. The lowest BCUT2D eigenvalue weighted by atomic mass is 10.2. The number of thioether (sulfide) groups is 1. The van der Waals surface area contributed by atoms with Crippen molar-refractivity contribution in [3.63, 3.8) is 0 Å². The van der Waals surface area contributed by atoms with Crippen LogP contribution in [0.3, 0.4) is 0 Å². The van der Waals surface area contributed by atoms with Crippen LogP contribution in [-0.4, -0.2) is 11.1 Å². The van der Waals surface area contributed by atoms with Gasteiger partial charge in [-0.15, -0.1) is 0 Å². The first-order valence-electron chi connectivity index (χ1n) is 6.72. The van der Waals surface area contributed by atoms with Gasteiger partial charge in [0.05, 0.1) is 10.6 Å². The fraction of sp³-hybridized carbons (Fsp3) is 0.0588. The van der Waals surface area contributed by atoms with Gasteiger partial charge in [0.1, 0.15) is 0 Å². The van der Waals surface area contributed by atoms with E-state index in [1.54, 1.807) is 0 Å². The van der Waals surface area contributed by atoms with Gasteiger partial charge in [0.25, 0.3) is 5.91 Å². The molecular formula is C17H13BrN2OS. The van der Waals surface area contributed by atoms with Crippen molar-refractivity contribution < 1.29 is 4.79 Å². The smallest absolute Gasteiger partial charge is 0.264 e. The molecule has 0 atom stereocenters. The SMILES string of the molecule is Cc1ccccc1N=C1NC(=O)C(=Cc2cccc(Br)c2)S1. The molecule has 5 heteroatoms. The number of hydrogen-bond acceptors (Lipinski definition) is 3. The second kappa shape index (κ2) is 6.50. The van der Waals surface area contributed by atoms with Gasteiger partial charge in [-0.1, -0.05) is 46.3 Å². The largest absolute Gasteiger partial charge is 0.300 e. The second-order valence-electron chi connectivity index (χ2n) is 4.82. The molecule has 1 N–H and O–H groups in total. The zero-order valence-electron chi connectivity index (χ0n) is 11.8. The van der Waals surface area contributed by atoms with Gasteiger partial charge in [0.2, 0.25) is 0 Å². The Morgan fingerprint density at radius 3 is 2.77 bits per heavy atom. The minimum absolute atomic E-state index is 0.114. The van der Waals surface area contributed by atoms with E-state index in [0.29, 0.717) is 10.1 Å². The molecule has 3 nitrogen and oxygen atoms in total. The molecule has 0 aliphatic carbocycles. The molecule has 0 saturated carbocycles. The average molecular weight is 373 g/mol. The molecule has 0 bridgehead atoms. The van der Waals surface area contributed by atoms with E-state index in [1.807, 2.05) is 61.5 Å². The molecular weight excluding hydrogens is 360 g/mol. The van der Waals surface area contributed by atoms with Gasteiger partial charge in [-0.2, -0.15) is 0 Å². The Morgan fingerprint density at radius 1 is 1.18 bits per heavy atom. The summed E-state index contributed by atoms with van der Waals surface area (Å²) in [5.74, 6) is -0.114. The summed E-state index contributed by atoms with van der Waals surface area (Å²) < 4.78 is 0.985. The van der Waals surface area contributed by atoms with Crippen molar-refractivity contribution in [2.24, 2.45) is 4.99 Å². The average Bonchev–Trinajstić information content (AvgIpc) is 2.81. The maximum absolute atomic E-state index is 12.1. The summed E-state index contributed by atoms with van der Waals surface area (Å²) in [4.78, 5) is 17.2. The minimum Gasteiger partial charge on any atom is -0.300 e. The van der Waals surface area contributed by atoms with E-state index in [2.05, 4.69) is 26.2 Å². The summed E-state index contributed by atoms with van der Waals surface area (Å²) in [5, 5.41) is 3.42. The van der Waals surface area contributed by atoms with E-state index in [4.69, 9.17) is 0 Å². The summed E-state index contributed by atoms with van der Waals surface area (Å²) >= 11 is 4.79. The number of amides is 1. The predicted molar refractivity (Wildman–Crippen MR) is 96.1 cm³/mol. The monoisotopic (exact) mass is 372 g/mol. The van der Waals surface area contributed by atoms with E-state index in [9.17, 15) is 4.79 Å². The van der Waals surface area contributed by atoms with Crippen LogP contribution in [0.15, 0.2) is 62.9 Å². The number of rotatable bonds is 2. The highest BCUT2D eigenvalue weighted by atomic mass is 79.9. The van der Waals surface area contributed by atoms with Crippen LogP contribution >= 0.6 is 27.7 Å². The predicted octanol–water partition coefficient (Wildman–Crippen LogP) is 4.65. The molecule has 110 valence electrons. The molecule has 0 radical (unpaired) electrons. The van der Waals surface area contributed by atoms with Crippen LogP contribution in [-0.2, 0) is 4.79 Å². The number of aryl methyl sites for hydroxylation is 1. The van der Waals surface area contributed by atoms with Crippen molar-refractivity contribution in [2.45, 2.75) is 6.92 Å². The third-order valence-electron chi connectivity index (χ3n) is 3.13. The molecule has 0 aromatic heterocycles. The maximum Gasteiger partial charge on any atom is 0.264 e. The Kier molecular flexibility index (Phi) is 4.45. The van der Waals surface area contributed by atoms with Crippen molar-refractivity contribution in [1.82, 2.24) is 5.32 Å². The van der Waals surface area contributed by atoms with Gasteiger partial charge in [0.15, 0.2) is 5.17 Å². The van der Waals surface area contributed by atoms with Gasteiger partial charge in [-0.05, 0) is 54.1 Å². The molecule has 2 aromatic rings. The van der Waals surface area contributed by atoms with E-state index in [-0.39, 0.29) is 5.91 Å². The number of benzene rings is 2. The van der Waals surface area contributed by atoms with Crippen molar-refractivity contribution in [2.75, 3.05) is 0 Å². The van der Waals surface area contributed by atoms with Crippen LogP contribution in [0.4, 0.5) is 5.69 Å². The van der Waals surface area contributed by atoms with Crippen molar-refractivity contribution in [3.05, 3.63) is 69.0 Å². The first kappa shape index (κ1) is 15.1. The summed E-state index contributed by atoms with van der Waals surface area (Å²) in [6.45, 7) is 2.00. The zero-order chi connectivity index (χ0) is 15.5. The van der Waals surface area contributed by atoms with Crippen molar-refractivity contribution >= 4 is 50.5 Å². The first-order valence-corrected chi connectivity index (χ1v) is 8.33. The van der Waals surface area contributed by atoms with Crippen LogP contribution in [0, 0.1) is 6.92 Å². The molecule has 1 fully saturated rings. The topological polar surface area (TPSA) is 41.5 Å². The van der Waals surface area contributed by atoms with Crippen molar-refractivity contribution in [1.29, 1.82) is 0 Å². The number of aliphatic imine (C=N–C) groups is 1. The number of amidine groups is 1. The van der Waals surface area contributed by atoms with Crippen molar-refractivity contribution in [3.8, 4) is 0 Å². The zero-order valence-corrected chi connectivity index (χ0v) is 14.2. The van der Waals surface area contributed by atoms with Gasteiger partial charge < -0.3 is 5.32 Å². The Morgan fingerprint density at radius 2 is 2.00 bits per heavy atom. The Labute approximate surface area is 141 Å². The van der Waals surface area contributed by atoms with E-state index in [1.165, 1.54) is 11.8 Å². The highest BCUT2D eigenvalue weighted by molar-refractivity contribution is 9.10. The van der Waals surface area contributed by atoms with Gasteiger partial charge in [0, 0.05) is 4.47 Å². The quantitative estimate of drug-likeness (QED) is 0.779. The highest BCUT2D eigenvalue weighted by Gasteiger charge is 2.23. The minimum atomic E-state index is -0.114. The number of halogens is 1. The van der Waals surface area contributed by atoms with Crippen LogP contribution in [0.1, 0.15) is 11.1 Å². The second-order valence-corrected chi connectivity index (χ2v) is 6.77. The first-order chi connectivity index (χ1) is 10.6. The summed E-state index contributed by atoms with van der Waals surface area (Å²) in [7, 11) is 0. The number of nitrogens with one attached hydrogen (secondary N) is 1. The van der Waals surface area contributed by atoms with Gasteiger partial charge >= 0.3 is 0 Å². The highest BCUT2D eigenvalue weighted by Crippen LogP contribution is 2.29. The van der Waals surface area contributed by atoms with Crippen LogP contribution in [0.2, 0.25) is 0 Å². The van der Waals surface area contributed by atoms with Crippen LogP contribution < -0.4 is 5.32 Å². The Bertz CT molecular complexity index is 799.